The van der Waals surface area contributed by atoms with Crippen molar-refractivity contribution in [2.24, 2.45) is 0 Å². The highest BCUT2D eigenvalue weighted by atomic mass is 16.6. The highest BCUT2D eigenvalue weighted by Crippen LogP contribution is 2.18. The van der Waals surface area contributed by atoms with Crippen molar-refractivity contribution in [3.63, 3.8) is 0 Å². The van der Waals surface area contributed by atoms with E-state index in [4.69, 9.17) is 0 Å². The summed E-state index contributed by atoms with van der Waals surface area (Å²) in [5.74, 6) is 0.564. The molecule has 2 rings (SSSR count). The molecular formula is C16H23N7O4. The van der Waals surface area contributed by atoms with Crippen LogP contribution in [0.4, 0.5) is 23.3 Å². The summed E-state index contributed by atoms with van der Waals surface area (Å²) in [5.41, 5.74) is 0.0531. The van der Waals surface area contributed by atoms with Crippen LogP contribution in [0.3, 0.4) is 0 Å². The molecule has 2 aromatic rings. The fourth-order valence-electron chi connectivity index (χ4n) is 1.88. The van der Waals surface area contributed by atoms with Crippen LogP contribution in [-0.4, -0.2) is 58.4 Å². The predicted octanol–water partition coefficient (Wildman–Crippen LogP) is 1.37. The van der Waals surface area contributed by atoms with Crippen LogP contribution >= 0.6 is 0 Å². The minimum absolute atomic E-state index is 0.00874. The molecule has 2 N–H and O–H groups in total. The van der Waals surface area contributed by atoms with Gasteiger partial charge in [-0.15, -0.1) is 0 Å². The lowest BCUT2D eigenvalue weighted by Gasteiger charge is -2.18. The molecule has 0 aliphatic carbocycles. The molecule has 1 aromatic carbocycles. The summed E-state index contributed by atoms with van der Waals surface area (Å²) in [6.45, 7) is 5.24. The number of aromatic amines is 1. The second-order valence-corrected chi connectivity index (χ2v) is 5.47. The molecule has 0 unspecified atom stereocenters. The average molecular weight is 377 g/mol. The van der Waals surface area contributed by atoms with Crippen LogP contribution in [0, 0.1) is 10.1 Å². The molecule has 0 spiro atoms. The first-order valence-corrected chi connectivity index (χ1v) is 8.17. The fraction of sp³-hybridized carbons (Fsp3) is 0.375. The van der Waals surface area contributed by atoms with E-state index in [0.29, 0.717) is 24.7 Å². The highest BCUT2D eigenvalue weighted by molar-refractivity contribution is 5.56. The number of nitrogens with zero attached hydrogens (tertiary/aromatic N) is 5. The summed E-state index contributed by atoms with van der Waals surface area (Å²) >= 11 is 0. The van der Waals surface area contributed by atoms with Gasteiger partial charge in [-0.3, -0.25) is 19.9 Å². The number of benzene rings is 1. The van der Waals surface area contributed by atoms with E-state index in [1.54, 1.807) is 14.1 Å². The van der Waals surface area contributed by atoms with Crippen molar-refractivity contribution in [3.8, 4) is 0 Å². The van der Waals surface area contributed by atoms with Gasteiger partial charge in [0.1, 0.15) is 0 Å². The number of carbonyl (C=O) groups is 1. The third kappa shape index (κ3) is 7.10. The lowest BCUT2D eigenvalue weighted by atomic mass is 10.3. The number of nitro groups is 1. The van der Waals surface area contributed by atoms with Crippen LogP contribution < -0.4 is 15.9 Å². The zero-order valence-corrected chi connectivity index (χ0v) is 15.7. The summed E-state index contributed by atoms with van der Waals surface area (Å²) in [5, 5.41) is 13.5. The van der Waals surface area contributed by atoms with E-state index in [1.807, 2.05) is 18.7 Å². The molecule has 11 heteroatoms. The Kier molecular flexibility index (Phi) is 8.36. The molecule has 0 saturated heterocycles. The van der Waals surface area contributed by atoms with Gasteiger partial charge in [-0.1, -0.05) is 0 Å². The molecule has 1 amide bonds. The van der Waals surface area contributed by atoms with Crippen molar-refractivity contribution in [1.29, 1.82) is 0 Å². The Labute approximate surface area is 156 Å². The molecule has 0 saturated carbocycles. The van der Waals surface area contributed by atoms with Gasteiger partial charge < -0.3 is 15.1 Å². The Hall–Kier alpha value is -3.50. The number of amides is 1. The number of hydrogen-bond donors (Lipinski definition) is 2. The molecule has 0 aliphatic heterocycles. The monoisotopic (exact) mass is 377 g/mol. The van der Waals surface area contributed by atoms with Gasteiger partial charge in [-0.2, -0.15) is 9.97 Å². The van der Waals surface area contributed by atoms with Crippen LogP contribution in [0.5, 0.6) is 0 Å². The molecule has 0 atom stereocenters. The van der Waals surface area contributed by atoms with E-state index in [-0.39, 0.29) is 11.6 Å². The largest absolute Gasteiger partial charge is 0.351 e. The van der Waals surface area contributed by atoms with Gasteiger partial charge in [0, 0.05) is 45.0 Å². The van der Waals surface area contributed by atoms with Crippen molar-refractivity contribution < 1.29 is 9.72 Å². The van der Waals surface area contributed by atoms with E-state index >= 15 is 0 Å². The minimum Gasteiger partial charge on any atom is -0.351 e. The quantitative estimate of drug-likeness (QED) is 0.419. The first kappa shape index (κ1) is 21.5. The second-order valence-electron chi connectivity index (χ2n) is 5.47. The van der Waals surface area contributed by atoms with Gasteiger partial charge in [0.2, 0.25) is 18.3 Å². The van der Waals surface area contributed by atoms with Crippen molar-refractivity contribution in [1.82, 2.24) is 19.9 Å². The molecule has 0 fully saturated rings. The third-order valence-corrected chi connectivity index (χ3v) is 3.24. The topological polar surface area (TPSA) is 137 Å². The number of H-pyrrole nitrogens is 1. The predicted molar refractivity (Wildman–Crippen MR) is 102 cm³/mol. The summed E-state index contributed by atoms with van der Waals surface area (Å²) in [4.78, 5) is 45.0. The van der Waals surface area contributed by atoms with Crippen molar-refractivity contribution in [2.45, 2.75) is 13.8 Å². The van der Waals surface area contributed by atoms with Gasteiger partial charge in [0.15, 0.2) is 0 Å². The maximum absolute atomic E-state index is 11.6. The standard InChI is InChI=1S/C13H16N6O3.C3H7NO/c1-3-18(4-2)12-15-11(16-13(20)17-12)14-9-5-7-10(8-6-9)19(21)22;1-4(2)3-5/h5-8H,3-4H2,1-2H3,(H2,14,15,16,17,20);3H,1-2H3. The lowest BCUT2D eigenvalue weighted by molar-refractivity contribution is -0.384. The fourth-order valence-corrected chi connectivity index (χ4v) is 1.88. The van der Waals surface area contributed by atoms with E-state index in [9.17, 15) is 19.7 Å². The van der Waals surface area contributed by atoms with Gasteiger partial charge in [0.25, 0.3) is 5.69 Å². The SMILES string of the molecule is CCN(CC)c1nc(Nc2ccc([N+](=O)[O-])cc2)[nH]c(=O)n1.CN(C)C=O. The van der Waals surface area contributed by atoms with Crippen LogP contribution in [0.15, 0.2) is 29.1 Å². The summed E-state index contributed by atoms with van der Waals surface area (Å²) in [6.07, 6.45) is 0.750. The maximum Gasteiger partial charge on any atom is 0.351 e. The van der Waals surface area contributed by atoms with Crippen LogP contribution in [0.2, 0.25) is 0 Å². The molecule has 146 valence electrons. The summed E-state index contributed by atoms with van der Waals surface area (Å²) in [7, 11) is 3.38. The normalized spacial score (nSPS) is 9.63. The van der Waals surface area contributed by atoms with Gasteiger partial charge in [-0.25, -0.2) is 4.79 Å². The van der Waals surface area contributed by atoms with E-state index < -0.39 is 10.6 Å². The molecule has 1 aromatic heterocycles. The average Bonchev–Trinajstić information content (AvgIpc) is 2.63. The molecule has 0 radical (unpaired) electrons. The number of nitrogens with one attached hydrogen (secondary N) is 2. The Morgan fingerprint density at radius 2 is 1.74 bits per heavy atom. The lowest BCUT2D eigenvalue weighted by Crippen LogP contribution is -2.28. The first-order chi connectivity index (χ1) is 12.8. The number of carbonyl (C=O) groups excluding carboxylic acids is 1. The number of aromatic nitrogens is 3. The first-order valence-electron chi connectivity index (χ1n) is 8.17. The van der Waals surface area contributed by atoms with Crippen LogP contribution in [0.1, 0.15) is 13.8 Å². The maximum atomic E-state index is 11.6. The third-order valence-electron chi connectivity index (χ3n) is 3.24. The smallest absolute Gasteiger partial charge is 0.351 e. The van der Waals surface area contributed by atoms with Gasteiger partial charge in [-0.05, 0) is 26.0 Å². The molecule has 1 heterocycles. The Morgan fingerprint density at radius 3 is 2.19 bits per heavy atom. The van der Waals surface area contributed by atoms with Crippen molar-refractivity contribution in [2.75, 3.05) is 37.4 Å². The summed E-state index contributed by atoms with van der Waals surface area (Å²) in [6, 6.07) is 5.81. The molecule has 0 bridgehead atoms. The Bertz CT molecular complexity index is 801. The minimum atomic E-state index is -0.513. The number of non-ortho nitro benzene ring substituents is 1. The Morgan fingerprint density at radius 1 is 1.19 bits per heavy atom. The molecular weight excluding hydrogens is 354 g/mol. The van der Waals surface area contributed by atoms with Crippen LogP contribution in [0.25, 0.3) is 0 Å². The molecule has 0 aliphatic rings. The zero-order chi connectivity index (χ0) is 20.4. The number of rotatable bonds is 7. The number of hydrogen-bond acceptors (Lipinski definition) is 8. The van der Waals surface area contributed by atoms with Gasteiger partial charge >= 0.3 is 5.69 Å². The second kappa shape index (κ2) is 10.5. The summed E-state index contributed by atoms with van der Waals surface area (Å²) < 4.78 is 0. The Balaban J connectivity index is 0.000000646. The number of anilines is 3. The molecule has 11 nitrogen and oxygen atoms in total. The van der Waals surface area contributed by atoms with E-state index in [1.165, 1.54) is 29.2 Å². The van der Waals surface area contributed by atoms with Crippen molar-refractivity contribution >= 4 is 29.7 Å². The molecule has 27 heavy (non-hydrogen) atoms. The number of nitro benzene ring substituents is 1. The van der Waals surface area contributed by atoms with Crippen LogP contribution in [-0.2, 0) is 4.79 Å². The zero-order valence-electron chi connectivity index (χ0n) is 15.7. The van der Waals surface area contributed by atoms with Gasteiger partial charge in [0.05, 0.1) is 4.92 Å². The van der Waals surface area contributed by atoms with E-state index in [0.717, 1.165) is 6.41 Å². The highest BCUT2D eigenvalue weighted by Gasteiger charge is 2.09. The van der Waals surface area contributed by atoms with Crippen molar-refractivity contribution in [3.05, 3.63) is 44.9 Å². The van der Waals surface area contributed by atoms with E-state index in [2.05, 4.69) is 20.3 Å².